The van der Waals surface area contributed by atoms with Crippen molar-refractivity contribution in [2.45, 2.75) is 51.9 Å². The Hall–Kier alpha value is -2.86. The summed E-state index contributed by atoms with van der Waals surface area (Å²) < 4.78 is 6.00. The highest BCUT2D eigenvalue weighted by molar-refractivity contribution is 6.27. The van der Waals surface area contributed by atoms with Crippen LogP contribution in [-0.4, -0.2) is 53.3 Å². The number of aryl methyl sites for hydroxylation is 2. The Morgan fingerprint density at radius 2 is 1.58 bits per heavy atom. The van der Waals surface area contributed by atoms with Gasteiger partial charge in [0.2, 0.25) is 0 Å². The van der Waals surface area contributed by atoms with E-state index in [1.807, 2.05) is 0 Å². The van der Waals surface area contributed by atoms with E-state index in [1.54, 1.807) is 0 Å². The molecule has 0 spiro atoms. The molecule has 6 nitrogen and oxygen atoms in total. The molecular weight excluding hydrogens is 418 g/mol. The molecule has 33 heavy (non-hydrogen) atoms. The molecule has 2 N–H and O–H groups in total. The van der Waals surface area contributed by atoms with Gasteiger partial charge < -0.3 is 19.8 Å². The molecule has 2 aromatic carbocycles. The predicted molar refractivity (Wildman–Crippen MR) is 130 cm³/mol. The van der Waals surface area contributed by atoms with E-state index in [-0.39, 0.29) is 0 Å². The van der Waals surface area contributed by atoms with E-state index in [4.69, 9.17) is 24.5 Å². The van der Waals surface area contributed by atoms with E-state index in [2.05, 4.69) is 66.4 Å². The van der Waals surface area contributed by atoms with Gasteiger partial charge in [0.15, 0.2) is 0 Å². The molecule has 1 unspecified atom stereocenters. The number of likely N-dealkylation sites (tertiary alicyclic amines) is 1. The number of benzene rings is 2. The zero-order valence-electron chi connectivity index (χ0n) is 19.6. The number of hydrogen-bond donors (Lipinski definition) is 2. The molecule has 3 rings (SSSR count). The van der Waals surface area contributed by atoms with Crippen LogP contribution in [0.1, 0.15) is 50.2 Å². The van der Waals surface area contributed by atoms with Crippen LogP contribution in [-0.2, 0) is 22.4 Å². The van der Waals surface area contributed by atoms with Crippen molar-refractivity contribution in [3.63, 3.8) is 0 Å². The molecular formula is C27H37NO5. The van der Waals surface area contributed by atoms with Crippen LogP contribution in [0.5, 0.6) is 5.75 Å². The van der Waals surface area contributed by atoms with Gasteiger partial charge in [-0.1, -0.05) is 62.2 Å². The Morgan fingerprint density at radius 3 is 2.18 bits per heavy atom. The molecule has 0 saturated carbocycles. The molecule has 0 aromatic heterocycles. The molecule has 1 atom stereocenters. The number of carboxylic acids is 2. The molecule has 1 saturated heterocycles. The van der Waals surface area contributed by atoms with Crippen molar-refractivity contribution in [1.82, 2.24) is 4.90 Å². The maximum Gasteiger partial charge on any atom is 0.414 e. The molecule has 6 heteroatoms. The van der Waals surface area contributed by atoms with Crippen LogP contribution in [0.4, 0.5) is 0 Å². The molecule has 1 heterocycles. The Labute approximate surface area is 197 Å². The van der Waals surface area contributed by atoms with E-state index in [0.29, 0.717) is 0 Å². The van der Waals surface area contributed by atoms with Crippen molar-refractivity contribution >= 4 is 11.9 Å². The van der Waals surface area contributed by atoms with E-state index in [0.717, 1.165) is 31.1 Å². The second-order valence-electron chi connectivity index (χ2n) is 8.54. The van der Waals surface area contributed by atoms with Gasteiger partial charge >= 0.3 is 11.9 Å². The quantitative estimate of drug-likeness (QED) is 0.370. The molecule has 1 aliphatic rings. The number of rotatable bonds is 11. The first-order valence-corrected chi connectivity index (χ1v) is 11.9. The van der Waals surface area contributed by atoms with E-state index in [1.165, 1.54) is 62.9 Å². The monoisotopic (exact) mass is 455 g/mol. The maximum atomic E-state index is 9.10. The molecule has 1 aliphatic heterocycles. The second-order valence-corrected chi connectivity index (χ2v) is 8.54. The summed E-state index contributed by atoms with van der Waals surface area (Å²) in [6.45, 7) is 6.96. The fourth-order valence-electron chi connectivity index (χ4n) is 3.97. The lowest BCUT2D eigenvalue weighted by molar-refractivity contribution is -0.159. The summed E-state index contributed by atoms with van der Waals surface area (Å²) in [7, 11) is 0. The number of unbranched alkanes of at least 4 members (excludes halogenated alkanes) is 2. The van der Waals surface area contributed by atoms with Gasteiger partial charge in [-0.3, -0.25) is 0 Å². The van der Waals surface area contributed by atoms with Crippen LogP contribution >= 0.6 is 0 Å². The average Bonchev–Trinajstić information content (AvgIpc) is 3.27. The summed E-state index contributed by atoms with van der Waals surface area (Å²) in [6, 6.07) is 19.4. The van der Waals surface area contributed by atoms with Crippen molar-refractivity contribution in [1.29, 1.82) is 0 Å². The lowest BCUT2D eigenvalue weighted by Crippen LogP contribution is -2.22. The highest BCUT2D eigenvalue weighted by Gasteiger charge is 2.21. The first-order valence-electron chi connectivity index (χ1n) is 11.9. The fraction of sp³-hybridized carbons (Fsp3) is 0.481. The van der Waals surface area contributed by atoms with Crippen LogP contribution < -0.4 is 4.74 Å². The summed E-state index contributed by atoms with van der Waals surface area (Å²) >= 11 is 0. The number of carbonyl (C=O) groups is 2. The van der Waals surface area contributed by atoms with Gasteiger partial charge in [0, 0.05) is 6.54 Å². The normalized spacial score (nSPS) is 15.5. The average molecular weight is 456 g/mol. The van der Waals surface area contributed by atoms with Crippen molar-refractivity contribution in [3.8, 4) is 5.75 Å². The Bertz CT molecular complexity index is 810. The smallest absolute Gasteiger partial charge is 0.414 e. The zero-order valence-corrected chi connectivity index (χ0v) is 19.6. The van der Waals surface area contributed by atoms with Crippen LogP contribution in [0.15, 0.2) is 54.6 Å². The minimum absolute atomic E-state index is 0.816. The summed E-state index contributed by atoms with van der Waals surface area (Å²) in [5.74, 6) is -1.82. The van der Waals surface area contributed by atoms with Crippen molar-refractivity contribution in [3.05, 3.63) is 65.7 Å². The van der Waals surface area contributed by atoms with Gasteiger partial charge in [-0.25, -0.2) is 9.59 Å². The fourth-order valence-corrected chi connectivity index (χ4v) is 3.97. The molecule has 0 bridgehead atoms. The topological polar surface area (TPSA) is 87.1 Å². The van der Waals surface area contributed by atoms with Crippen molar-refractivity contribution in [2.75, 3.05) is 26.2 Å². The zero-order chi connectivity index (χ0) is 23.9. The molecule has 0 amide bonds. The number of carboxylic acid groups (broad SMARTS) is 2. The number of ether oxygens (including phenoxy) is 1. The first kappa shape index (κ1) is 26.4. The Balaban J connectivity index is 0.000000569. The van der Waals surface area contributed by atoms with E-state index in [9.17, 15) is 0 Å². The SMILES string of the molecule is CCCCCN1CCC(CCOc2ccc(CCc3ccccc3)cc2)C1.O=C(O)C(=O)O. The van der Waals surface area contributed by atoms with Gasteiger partial charge in [-0.05, 0) is 74.4 Å². The molecule has 2 aromatic rings. The summed E-state index contributed by atoms with van der Waals surface area (Å²) in [5.41, 5.74) is 2.78. The third-order valence-electron chi connectivity index (χ3n) is 5.89. The van der Waals surface area contributed by atoms with Gasteiger partial charge in [0.1, 0.15) is 5.75 Å². The van der Waals surface area contributed by atoms with Gasteiger partial charge in [0.05, 0.1) is 6.61 Å². The first-order chi connectivity index (χ1) is 16.0. The minimum Gasteiger partial charge on any atom is -0.494 e. The lowest BCUT2D eigenvalue weighted by atomic mass is 10.0. The number of nitrogens with zero attached hydrogens (tertiary/aromatic N) is 1. The summed E-state index contributed by atoms with van der Waals surface area (Å²) in [5, 5.41) is 14.8. The molecule has 0 radical (unpaired) electrons. The lowest BCUT2D eigenvalue weighted by Gasteiger charge is -2.16. The van der Waals surface area contributed by atoms with Crippen LogP contribution in [0.3, 0.4) is 0 Å². The largest absolute Gasteiger partial charge is 0.494 e. The summed E-state index contributed by atoms with van der Waals surface area (Å²) in [4.78, 5) is 20.8. The Kier molecular flexibility index (Phi) is 12.0. The minimum atomic E-state index is -1.82. The standard InChI is InChI=1S/C25H35NO.C2H2O4/c1-2-3-7-18-26-19-16-24(21-26)17-20-27-25-14-12-23(13-15-25)11-10-22-8-5-4-6-9-22;3-1(4)2(5)6/h4-6,8-9,12-15,24H,2-3,7,10-11,16-21H2,1H3;(H,3,4)(H,5,6). The van der Waals surface area contributed by atoms with Crippen LogP contribution in [0.2, 0.25) is 0 Å². The highest BCUT2D eigenvalue weighted by Crippen LogP contribution is 2.21. The van der Waals surface area contributed by atoms with Crippen LogP contribution in [0, 0.1) is 5.92 Å². The molecule has 180 valence electrons. The predicted octanol–water partition coefficient (Wildman–Crippen LogP) is 4.91. The van der Waals surface area contributed by atoms with E-state index < -0.39 is 11.9 Å². The van der Waals surface area contributed by atoms with Gasteiger partial charge in [-0.2, -0.15) is 0 Å². The summed E-state index contributed by atoms with van der Waals surface area (Å²) in [6.07, 6.45) is 8.74. The second kappa shape index (κ2) is 15.1. The maximum absolute atomic E-state index is 9.10. The van der Waals surface area contributed by atoms with Crippen LogP contribution in [0.25, 0.3) is 0 Å². The van der Waals surface area contributed by atoms with Gasteiger partial charge in [0.25, 0.3) is 0 Å². The molecule has 0 aliphatic carbocycles. The van der Waals surface area contributed by atoms with E-state index >= 15 is 0 Å². The number of aliphatic carboxylic acids is 2. The highest BCUT2D eigenvalue weighted by atomic mass is 16.5. The van der Waals surface area contributed by atoms with Crippen molar-refractivity contribution < 1.29 is 24.5 Å². The molecule has 1 fully saturated rings. The Morgan fingerprint density at radius 1 is 0.939 bits per heavy atom. The third kappa shape index (κ3) is 11.0. The van der Waals surface area contributed by atoms with Crippen molar-refractivity contribution in [2.24, 2.45) is 5.92 Å². The number of hydrogen-bond acceptors (Lipinski definition) is 4. The third-order valence-corrected chi connectivity index (χ3v) is 5.89. The van der Waals surface area contributed by atoms with Gasteiger partial charge in [-0.15, -0.1) is 0 Å².